The number of allylic oxidation sites excluding steroid dienone is 1. The van der Waals surface area contributed by atoms with Crippen molar-refractivity contribution < 1.29 is 40.7 Å². The molecule has 0 aliphatic heterocycles. The Balaban J connectivity index is 0.000000514. The van der Waals surface area contributed by atoms with Crippen LogP contribution in [0.25, 0.3) is 6.08 Å². The molecule has 0 fully saturated rings. The third-order valence-corrected chi connectivity index (χ3v) is 3.27. The van der Waals surface area contributed by atoms with Gasteiger partial charge in [0.05, 0.1) is 23.3 Å². The van der Waals surface area contributed by atoms with Crippen molar-refractivity contribution in [1.82, 2.24) is 0 Å². The Morgan fingerprint density at radius 1 is 0.818 bits per heavy atom. The maximum Gasteiger partial charge on any atom is 0.454 e. The number of rotatable bonds is 3. The lowest BCUT2D eigenvalue weighted by molar-refractivity contribution is -0.168. The highest BCUT2D eigenvalue weighted by Gasteiger charge is 2.36. The molecule has 0 radical (unpaired) electrons. The fourth-order valence-electron chi connectivity index (χ4n) is 1.66. The van der Waals surface area contributed by atoms with Crippen molar-refractivity contribution in [2.45, 2.75) is 19.3 Å². The van der Waals surface area contributed by atoms with E-state index in [1.807, 2.05) is 12.1 Å². The number of benzene rings is 2. The highest BCUT2D eigenvalue weighted by molar-refractivity contribution is 5.97. The molecule has 0 aliphatic rings. The minimum absolute atomic E-state index is 0.321. The molecular weight excluding hydrogens is 454 g/mol. The predicted octanol–water partition coefficient (Wildman–Crippen LogP) is 5.21. The average molecular weight is 468 g/mol. The second-order valence-corrected chi connectivity index (χ2v) is 5.84. The molecule has 0 unspecified atom stereocenters. The maximum atomic E-state index is 11.8. The second kappa shape index (κ2) is 13.2. The molecule has 172 valence electrons. The first kappa shape index (κ1) is 28.8. The molecule has 0 N–H and O–H groups in total. The molecule has 11 heteroatoms. The first-order valence-electron chi connectivity index (χ1n) is 8.57. The summed E-state index contributed by atoms with van der Waals surface area (Å²) in [5.74, 6) is -3.68. The zero-order chi connectivity index (χ0) is 25.7. The average Bonchev–Trinajstić information content (AvgIpc) is 2.77. The highest BCUT2D eigenvalue weighted by atomic mass is 19.4. The van der Waals surface area contributed by atoms with Crippen molar-refractivity contribution in [1.29, 1.82) is 10.5 Å². The molecule has 0 saturated carbocycles. The third-order valence-electron chi connectivity index (χ3n) is 3.27. The summed E-state index contributed by atoms with van der Waals surface area (Å²) >= 11 is 0. The summed E-state index contributed by atoms with van der Waals surface area (Å²) in [7, 11) is 0. The minimum Gasteiger partial charge on any atom is -0.298 e. The Bertz CT molecular complexity index is 1090. The zero-order valence-corrected chi connectivity index (χ0v) is 16.7. The van der Waals surface area contributed by atoms with Gasteiger partial charge in [-0.15, -0.1) is 0 Å². The topological polar surface area (TPSA) is 98.8 Å². The van der Waals surface area contributed by atoms with Crippen LogP contribution in [0, 0.1) is 22.7 Å². The normalized spacial score (nSPS) is 10.5. The van der Waals surface area contributed by atoms with Gasteiger partial charge in [-0.2, -0.15) is 36.9 Å². The zero-order valence-electron chi connectivity index (χ0n) is 16.7. The van der Waals surface area contributed by atoms with Crippen LogP contribution in [-0.4, -0.2) is 30.2 Å². The van der Waals surface area contributed by atoms with E-state index in [9.17, 15) is 40.7 Å². The molecule has 0 bridgehead atoms. The van der Waals surface area contributed by atoms with Gasteiger partial charge >= 0.3 is 12.4 Å². The number of alkyl halides is 6. The lowest BCUT2D eigenvalue weighted by atomic mass is 10.1. The third kappa shape index (κ3) is 12.3. The molecule has 0 heterocycles. The minimum atomic E-state index is -4.86. The van der Waals surface area contributed by atoms with Gasteiger partial charge in [-0.3, -0.25) is 14.4 Å². The number of hydrogen-bond donors (Lipinski definition) is 0. The molecular formula is C22H14F6N2O3. The van der Waals surface area contributed by atoms with Crippen LogP contribution in [-0.2, 0) is 9.59 Å². The van der Waals surface area contributed by atoms with E-state index < -0.39 is 23.9 Å². The van der Waals surface area contributed by atoms with Crippen LogP contribution in [0.15, 0.2) is 54.6 Å². The number of aldehydes is 1. The van der Waals surface area contributed by atoms with Crippen molar-refractivity contribution in [2.75, 3.05) is 0 Å². The van der Waals surface area contributed by atoms with Crippen LogP contribution in [0.2, 0.25) is 0 Å². The van der Waals surface area contributed by atoms with Gasteiger partial charge in [0.1, 0.15) is 6.29 Å². The Hall–Kier alpha value is -4.25. The molecule has 0 atom stereocenters. The summed E-state index contributed by atoms with van der Waals surface area (Å²) in [6.45, 7) is 0.486. The van der Waals surface area contributed by atoms with Gasteiger partial charge in [0.2, 0.25) is 5.78 Å². The van der Waals surface area contributed by atoms with E-state index >= 15 is 0 Å². The van der Waals surface area contributed by atoms with Crippen molar-refractivity contribution in [3.8, 4) is 12.1 Å². The van der Waals surface area contributed by atoms with Crippen LogP contribution in [0.1, 0.15) is 34.0 Å². The van der Waals surface area contributed by atoms with Gasteiger partial charge in [-0.1, -0.05) is 30.3 Å². The van der Waals surface area contributed by atoms with Crippen LogP contribution in [0.3, 0.4) is 0 Å². The van der Waals surface area contributed by atoms with Gasteiger partial charge in [0, 0.05) is 12.5 Å². The van der Waals surface area contributed by atoms with E-state index in [0.29, 0.717) is 35.3 Å². The molecule has 2 rings (SSSR count). The van der Waals surface area contributed by atoms with E-state index in [2.05, 4.69) is 0 Å². The van der Waals surface area contributed by atoms with Crippen LogP contribution in [0.4, 0.5) is 26.3 Å². The fourth-order valence-corrected chi connectivity index (χ4v) is 1.66. The Kier molecular flexibility index (Phi) is 11.5. The van der Waals surface area contributed by atoms with Crippen molar-refractivity contribution >= 4 is 23.9 Å². The van der Waals surface area contributed by atoms with Gasteiger partial charge in [0.15, 0.2) is 0 Å². The first-order valence-corrected chi connectivity index (χ1v) is 8.57. The monoisotopic (exact) mass is 468 g/mol. The molecule has 0 spiro atoms. The van der Waals surface area contributed by atoms with Gasteiger partial charge < -0.3 is 0 Å². The van der Waals surface area contributed by atoms with Crippen LogP contribution >= 0.6 is 0 Å². The Labute approximate surface area is 184 Å². The number of nitrogens with zero attached hydrogens (tertiary/aromatic N) is 2. The summed E-state index contributed by atoms with van der Waals surface area (Å²) in [5, 5.41) is 16.9. The lowest BCUT2D eigenvalue weighted by Crippen LogP contribution is -2.19. The Morgan fingerprint density at radius 3 is 1.61 bits per heavy atom. The van der Waals surface area contributed by atoms with Crippen LogP contribution < -0.4 is 0 Å². The summed E-state index contributed by atoms with van der Waals surface area (Å²) in [6, 6.07) is 16.3. The van der Waals surface area contributed by atoms with E-state index in [-0.39, 0.29) is 0 Å². The largest absolute Gasteiger partial charge is 0.454 e. The second-order valence-electron chi connectivity index (χ2n) is 5.84. The lowest BCUT2D eigenvalue weighted by Gasteiger charge is -1.99. The number of carbonyl (C=O) groups excluding carboxylic acids is 3. The molecule has 0 aliphatic carbocycles. The number of ketones is 2. The predicted molar refractivity (Wildman–Crippen MR) is 105 cm³/mol. The number of hydrogen-bond acceptors (Lipinski definition) is 5. The molecule has 0 saturated heterocycles. The molecule has 0 amide bonds. The molecule has 33 heavy (non-hydrogen) atoms. The maximum absolute atomic E-state index is 11.8. The number of Topliss-reactive ketones (excluding diaryl/α,β-unsaturated/α-hetero) is 1. The van der Waals surface area contributed by atoms with E-state index in [1.165, 1.54) is 24.3 Å². The summed E-state index contributed by atoms with van der Waals surface area (Å²) in [4.78, 5) is 30.0. The van der Waals surface area contributed by atoms with Gasteiger partial charge in [0.25, 0.3) is 5.78 Å². The van der Waals surface area contributed by atoms with E-state index in [4.69, 9.17) is 10.5 Å². The standard InChI is InChI=1S/C11H6F3NO.C8H5NO.C3H3F3O/c12-11(13,14)10(16)5-4-8-2-1-3-9(6-8)7-15;9-5-7-2-1-3-8(4-7)6-10;1-2(7)3(4,5)6/h1-6H;1-4,6H;1H3/b5-4+;;. The smallest absolute Gasteiger partial charge is 0.298 e. The van der Waals surface area contributed by atoms with E-state index in [0.717, 1.165) is 12.4 Å². The summed E-state index contributed by atoms with van der Waals surface area (Å²) < 4.78 is 68.0. The highest BCUT2D eigenvalue weighted by Crippen LogP contribution is 2.17. The van der Waals surface area contributed by atoms with Crippen LogP contribution in [0.5, 0.6) is 0 Å². The molecule has 2 aromatic rings. The van der Waals surface area contributed by atoms with Crippen molar-refractivity contribution in [3.63, 3.8) is 0 Å². The van der Waals surface area contributed by atoms with Gasteiger partial charge in [-0.05, 0) is 35.9 Å². The Morgan fingerprint density at radius 2 is 1.24 bits per heavy atom. The van der Waals surface area contributed by atoms with Crippen molar-refractivity contribution in [2.24, 2.45) is 0 Å². The number of nitriles is 2. The summed E-state index contributed by atoms with van der Waals surface area (Å²) in [6.07, 6.45) is -7.31. The molecule has 0 aromatic heterocycles. The molecule has 5 nitrogen and oxygen atoms in total. The van der Waals surface area contributed by atoms with Crippen molar-refractivity contribution in [3.05, 3.63) is 76.9 Å². The number of carbonyl (C=O) groups is 3. The molecule has 2 aromatic carbocycles. The van der Waals surface area contributed by atoms with Gasteiger partial charge in [-0.25, -0.2) is 0 Å². The SMILES string of the molecule is CC(=O)C(F)(F)F.N#Cc1cccc(/C=C/C(=O)C(F)(F)F)c1.N#Cc1cccc(C=O)c1. The first-order chi connectivity index (χ1) is 15.2. The summed E-state index contributed by atoms with van der Waals surface area (Å²) in [5.41, 5.74) is 1.75. The van der Waals surface area contributed by atoms with E-state index in [1.54, 1.807) is 24.3 Å². The fraction of sp³-hybridized carbons (Fsp3) is 0.136. The quantitative estimate of drug-likeness (QED) is 0.350. The number of halogens is 6.